The molecule has 0 bridgehead atoms. The quantitative estimate of drug-likeness (QED) is 0.152. The van der Waals surface area contributed by atoms with Crippen LogP contribution >= 0.6 is 35.3 Å². The van der Waals surface area contributed by atoms with Crippen LogP contribution in [0, 0.1) is 28.6 Å². The van der Waals surface area contributed by atoms with E-state index in [1.165, 1.54) is 41.5 Å². The lowest BCUT2D eigenvalue weighted by Gasteiger charge is -2.36. The first kappa shape index (κ1) is 33.5. The topological polar surface area (TPSA) is 50.8 Å². The number of hydrogen-bond donors (Lipinski definition) is 0. The second kappa shape index (κ2) is 14.3. The van der Waals surface area contributed by atoms with Crippen molar-refractivity contribution in [2.75, 3.05) is 4.90 Å². The van der Waals surface area contributed by atoms with E-state index in [1.807, 2.05) is 47.8 Å². The van der Waals surface area contributed by atoms with E-state index < -0.39 is 0 Å². The van der Waals surface area contributed by atoms with Crippen molar-refractivity contribution in [3.8, 4) is 12.1 Å². The molecule has 252 valence electrons. The Balaban J connectivity index is 1.29. The maximum absolute atomic E-state index is 10.1. The van der Waals surface area contributed by atoms with Crippen molar-refractivity contribution in [1.29, 1.82) is 10.5 Å². The van der Waals surface area contributed by atoms with Gasteiger partial charge >= 0.3 is 0 Å². The lowest BCUT2D eigenvalue weighted by molar-refractivity contribution is 0.666. The van der Waals surface area contributed by atoms with Gasteiger partial charge in [0, 0.05) is 40.7 Å². The predicted molar refractivity (Wildman–Crippen MR) is 222 cm³/mol. The smallest absolute Gasteiger partial charge is 0.247 e. The van der Waals surface area contributed by atoms with Gasteiger partial charge in [-0.3, -0.25) is 0 Å². The fourth-order valence-electron chi connectivity index (χ4n) is 7.64. The summed E-state index contributed by atoms with van der Waals surface area (Å²) in [6.45, 7) is 2.44. The Morgan fingerprint density at radius 3 is 2.00 bits per heavy atom. The van der Waals surface area contributed by atoms with Gasteiger partial charge in [0.25, 0.3) is 0 Å². The molecule has 3 aliphatic rings. The van der Waals surface area contributed by atoms with Crippen LogP contribution in [-0.2, 0) is 6.42 Å². The number of benzene rings is 6. The van der Waals surface area contributed by atoms with Gasteiger partial charge in [-0.1, -0.05) is 132 Å². The zero-order valence-electron chi connectivity index (χ0n) is 29.0. The summed E-state index contributed by atoms with van der Waals surface area (Å²) in [5, 5.41) is 20.2. The standard InChI is InChI=1S/C46H32BN3S3/c1-30-11-5-6-12-33(30)25-34-23-31(28-48)19-21-39(34)50(40-22-20-32(29-49)24-43(40)51-36-13-3-2-4-14-36)35-26-44-46-45(27-35)53-42-18-10-8-16-38(42)47(46)37-15-7-9-17-41(37)52-44/h2-10,12-24,26-27,30H,11,25H2,1H3. The highest BCUT2D eigenvalue weighted by molar-refractivity contribution is 8.01. The van der Waals surface area contributed by atoms with Crippen molar-refractivity contribution in [2.45, 2.75) is 49.1 Å². The second-order valence-corrected chi connectivity index (χ2v) is 16.8. The first-order chi connectivity index (χ1) is 26.1. The maximum Gasteiger partial charge on any atom is 0.247 e. The van der Waals surface area contributed by atoms with Gasteiger partial charge in [0.05, 0.1) is 29.0 Å². The van der Waals surface area contributed by atoms with E-state index >= 15 is 0 Å². The molecule has 0 amide bonds. The molecule has 9 rings (SSSR count). The van der Waals surface area contributed by atoms with E-state index in [2.05, 4.69) is 145 Å². The molecule has 0 fully saturated rings. The maximum atomic E-state index is 10.1. The average Bonchev–Trinajstić information content (AvgIpc) is 3.20. The average molecular weight is 734 g/mol. The van der Waals surface area contributed by atoms with Crippen LogP contribution in [0.5, 0.6) is 0 Å². The Morgan fingerprint density at radius 2 is 1.34 bits per heavy atom. The third kappa shape index (κ3) is 6.30. The number of allylic oxidation sites excluding steroid dienone is 4. The minimum atomic E-state index is 0.162. The molecule has 1 unspecified atom stereocenters. The molecule has 2 aliphatic heterocycles. The fourth-order valence-corrected chi connectivity index (χ4v) is 11.1. The molecule has 0 aromatic heterocycles. The molecule has 0 saturated heterocycles. The largest absolute Gasteiger partial charge is 0.309 e. The monoisotopic (exact) mass is 733 g/mol. The van der Waals surface area contributed by atoms with E-state index in [9.17, 15) is 10.5 Å². The van der Waals surface area contributed by atoms with Crippen LogP contribution < -0.4 is 21.3 Å². The van der Waals surface area contributed by atoms with Crippen molar-refractivity contribution in [3.63, 3.8) is 0 Å². The highest BCUT2D eigenvalue weighted by Gasteiger charge is 2.38. The Bertz CT molecular complexity index is 2490. The van der Waals surface area contributed by atoms with Gasteiger partial charge in [0.1, 0.15) is 0 Å². The number of anilines is 3. The molecule has 6 aromatic rings. The van der Waals surface area contributed by atoms with Crippen molar-refractivity contribution in [1.82, 2.24) is 0 Å². The van der Waals surface area contributed by atoms with Gasteiger partial charge in [0.2, 0.25) is 6.71 Å². The van der Waals surface area contributed by atoms with Crippen LogP contribution in [0.15, 0.2) is 181 Å². The molecule has 53 heavy (non-hydrogen) atoms. The zero-order chi connectivity index (χ0) is 35.9. The van der Waals surface area contributed by atoms with Crippen molar-refractivity contribution >= 4 is 75.4 Å². The highest BCUT2D eigenvalue weighted by Crippen LogP contribution is 2.48. The molecule has 0 radical (unpaired) electrons. The summed E-state index contributed by atoms with van der Waals surface area (Å²) in [5.74, 6) is 0.407. The minimum Gasteiger partial charge on any atom is -0.309 e. The van der Waals surface area contributed by atoms with Gasteiger partial charge in [-0.2, -0.15) is 10.5 Å². The van der Waals surface area contributed by atoms with Crippen LogP contribution in [-0.4, -0.2) is 6.71 Å². The molecular formula is C46H32BN3S3. The molecule has 0 saturated carbocycles. The van der Waals surface area contributed by atoms with Crippen LogP contribution in [0.3, 0.4) is 0 Å². The van der Waals surface area contributed by atoms with E-state index in [0.29, 0.717) is 17.0 Å². The molecule has 0 N–H and O–H groups in total. The molecular weight excluding hydrogens is 702 g/mol. The summed E-state index contributed by atoms with van der Waals surface area (Å²) >= 11 is 5.37. The number of hydrogen-bond acceptors (Lipinski definition) is 6. The van der Waals surface area contributed by atoms with Gasteiger partial charge < -0.3 is 4.90 Å². The summed E-state index contributed by atoms with van der Waals surface area (Å²) in [6.07, 6.45) is 8.36. The van der Waals surface area contributed by atoms with Crippen LogP contribution in [0.4, 0.5) is 17.1 Å². The highest BCUT2D eigenvalue weighted by atomic mass is 32.2. The fraction of sp³-hybridized carbons (Fsp3) is 0.0870. The third-order valence-electron chi connectivity index (χ3n) is 10.2. The molecule has 6 aromatic carbocycles. The number of fused-ring (bicyclic) bond motifs is 4. The van der Waals surface area contributed by atoms with Crippen molar-refractivity contribution < 1.29 is 0 Å². The van der Waals surface area contributed by atoms with E-state index in [-0.39, 0.29) is 6.71 Å². The first-order valence-electron chi connectivity index (χ1n) is 17.7. The Kier molecular flexibility index (Phi) is 9.02. The lowest BCUT2D eigenvalue weighted by atomic mass is 9.36. The molecule has 1 aliphatic carbocycles. The summed E-state index contributed by atoms with van der Waals surface area (Å²) in [5.41, 5.74) is 10.8. The van der Waals surface area contributed by atoms with E-state index in [4.69, 9.17) is 0 Å². The molecule has 1 atom stereocenters. The second-order valence-electron chi connectivity index (χ2n) is 13.6. The summed E-state index contributed by atoms with van der Waals surface area (Å²) < 4.78 is 0. The van der Waals surface area contributed by atoms with Crippen LogP contribution in [0.2, 0.25) is 0 Å². The SMILES string of the molecule is CC1CC=CC=C1Cc1cc(C#N)ccc1N(c1cc2c3c(c1)Sc1ccccc1B3c1ccccc1S2)c1ccc(C#N)cc1Sc1ccccc1. The van der Waals surface area contributed by atoms with Gasteiger partial charge in [-0.25, -0.2) is 0 Å². The van der Waals surface area contributed by atoms with Gasteiger partial charge in [-0.15, -0.1) is 0 Å². The normalized spacial score (nSPS) is 15.0. The van der Waals surface area contributed by atoms with Crippen molar-refractivity contribution in [2.24, 2.45) is 5.92 Å². The van der Waals surface area contributed by atoms with E-state index in [0.717, 1.165) is 45.3 Å². The Labute approximate surface area is 324 Å². The number of nitrogens with zero attached hydrogens (tertiary/aromatic N) is 3. The molecule has 3 nitrogen and oxygen atoms in total. The summed E-state index contributed by atoms with van der Waals surface area (Å²) in [4.78, 5) is 9.53. The number of nitriles is 2. The van der Waals surface area contributed by atoms with E-state index in [1.54, 1.807) is 11.8 Å². The molecule has 7 heteroatoms. The predicted octanol–water partition coefficient (Wildman–Crippen LogP) is 10.6. The molecule has 2 heterocycles. The Morgan fingerprint density at radius 1 is 0.717 bits per heavy atom. The van der Waals surface area contributed by atoms with Gasteiger partial charge in [-0.05, 0) is 103 Å². The van der Waals surface area contributed by atoms with Crippen molar-refractivity contribution in [3.05, 3.63) is 168 Å². The van der Waals surface area contributed by atoms with Crippen LogP contribution in [0.1, 0.15) is 30.0 Å². The number of rotatable bonds is 7. The van der Waals surface area contributed by atoms with Gasteiger partial charge in [0.15, 0.2) is 0 Å². The molecule has 0 spiro atoms. The Hall–Kier alpha value is -5.31. The minimum absolute atomic E-state index is 0.162. The third-order valence-corrected chi connectivity index (χ3v) is 13.6. The first-order valence-corrected chi connectivity index (χ1v) is 20.2. The summed E-state index contributed by atoms with van der Waals surface area (Å²) in [6, 6.07) is 49.7. The lowest BCUT2D eigenvalue weighted by Crippen LogP contribution is -2.58. The van der Waals surface area contributed by atoms with Crippen LogP contribution in [0.25, 0.3) is 0 Å². The zero-order valence-corrected chi connectivity index (χ0v) is 31.4. The summed E-state index contributed by atoms with van der Waals surface area (Å²) in [7, 11) is 0.